The van der Waals surface area contributed by atoms with Crippen LogP contribution in [0.1, 0.15) is 57.9 Å². The molecule has 0 N–H and O–H groups in total. The van der Waals surface area contributed by atoms with Crippen LogP contribution in [0.5, 0.6) is 5.75 Å². The quantitative estimate of drug-likeness (QED) is 0.408. The van der Waals surface area contributed by atoms with Crippen molar-refractivity contribution in [2.75, 3.05) is 6.61 Å². The third kappa shape index (κ3) is 6.18. The van der Waals surface area contributed by atoms with Crippen LogP contribution >= 0.6 is 0 Å². The van der Waals surface area contributed by atoms with E-state index in [4.69, 9.17) is 9.47 Å². The van der Waals surface area contributed by atoms with Gasteiger partial charge in [0.1, 0.15) is 5.75 Å². The number of hydrogen-bond acceptors (Lipinski definition) is 4. The normalized spacial score (nSPS) is 20.3. The highest BCUT2D eigenvalue weighted by molar-refractivity contribution is 5.83. The molecule has 0 aliphatic heterocycles. The van der Waals surface area contributed by atoms with Gasteiger partial charge < -0.3 is 9.47 Å². The zero-order valence-corrected chi connectivity index (χ0v) is 15.6. The van der Waals surface area contributed by atoms with Crippen molar-refractivity contribution in [1.29, 1.82) is 0 Å². The lowest BCUT2D eigenvalue weighted by Gasteiger charge is -2.28. The van der Waals surface area contributed by atoms with Gasteiger partial charge in [-0.15, -0.1) is 0 Å². The first-order valence-electron chi connectivity index (χ1n) is 9.42. The maximum absolute atomic E-state index is 12.6. The summed E-state index contributed by atoms with van der Waals surface area (Å²) in [4.78, 5) is 25.0. The van der Waals surface area contributed by atoms with Crippen molar-refractivity contribution in [2.45, 2.75) is 59.3 Å². The molecular formula is C21H30O4. The van der Waals surface area contributed by atoms with Crippen LogP contribution in [0, 0.1) is 24.7 Å². The maximum atomic E-state index is 12.6. The number of benzene rings is 1. The van der Waals surface area contributed by atoms with E-state index in [-0.39, 0.29) is 17.9 Å². The average molecular weight is 346 g/mol. The molecule has 1 aliphatic carbocycles. The maximum Gasteiger partial charge on any atom is 0.315 e. The smallest absolute Gasteiger partial charge is 0.315 e. The summed E-state index contributed by atoms with van der Waals surface area (Å²) < 4.78 is 11.0. The van der Waals surface area contributed by atoms with Gasteiger partial charge in [-0.25, -0.2) is 0 Å². The lowest BCUT2D eigenvalue weighted by molar-refractivity contribution is -0.158. The summed E-state index contributed by atoms with van der Waals surface area (Å²) in [5.41, 5.74) is 1.04. The molecule has 1 saturated carbocycles. The molecule has 1 fully saturated rings. The van der Waals surface area contributed by atoms with E-state index >= 15 is 0 Å². The molecule has 4 nitrogen and oxygen atoms in total. The second kappa shape index (κ2) is 9.59. The molecule has 0 amide bonds. The molecule has 0 bridgehead atoms. The summed E-state index contributed by atoms with van der Waals surface area (Å²) in [5.74, 6) is -0.175. The summed E-state index contributed by atoms with van der Waals surface area (Å²) in [6.07, 6.45) is 5.21. The molecule has 4 heteroatoms. The minimum Gasteiger partial charge on any atom is -0.465 e. The van der Waals surface area contributed by atoms with E-state index in [1.54, 1.807) is 6.07 Å². The molecule has 2 rings (SSSR count). The number of carbonyl (C=O) groups excluding carboxylic acids is 2. The third-order valence-corrected chi connectivity index (χ3v) is 4.75. The van der Waals surface area contributed by atoms with Crippen molar-refractivity contribution in [3.63, 3.8) is 0 Å². The second-order valence-corrected chi connectivity index (χ2v) is 7.44. The van der Waals surface area contributed by atoms with Crippen molar-refractivity contribution in [3.8, 4) is 5.75 Å². The Kier molecular flexibility index (Phi) is 7.48. The van der Waals surface area contributed by atoms with E-state index in [0.29, 0.717) is 31.1 Å². The first-order valence-corrected chi connectivity index (χ1v) is 9.42. The Morgan fingerprint density at radius 3 is 2.44 bits per heavy atom. The van der Waals surface area contributed by atoms with Crippen molar-refractivity contribution in [2.24, 2.45) is 17.8 Å². The third-order valence-electron chi connectivity index (χ3n) is 4.75. The highest BCUT2D eigenvalue weighted by Crippen LogP contribution is 2.32. The molecule has 0 aromatic heterocycles. The zero-order chi connectivity index (χ0) is 18.2. The Labute approximate surface area is 150 Å². The van der Waals surface area contributed by atoms with Crippen LogP contribution in [-0.2, 0) is 14.3 Å². The Bertz CT molecular complexity index is 579. The predicted octanol–water partition coefficient (Wildman–Crippen LogP) is 4.69. The fraction of sp³-hybridized carbons (Fsp3) is 0.619. The SMILES string of the molecule is Cc1cccc(OC(=O)C2CCCCC2C(=O)OCCCC(C)C)c1. The van der Waals surface area contributed by atoms with Crippen molar-refractivity contribution < 1.29 is 19.1 Å². The van der Waals surface area contributed by atoms with Crippen molar-refractivity contribution in [3.05, 3.63) is 29.8 Å². The van der Waals surface area contributed by atoms with Gasteiger partial charge in [-0.1, -0.05) is 38.8 Å². The molecule has 2 atom stereocenters. The van der Waals surface area contributed by atoms with E-state index in [1.807, 2.05) is 25.1 Å². The highest BCUT2D eigenvalue weighted by atomic mass is 16.5. The molecule has 138 valence electrons. The number of carbonyl (C=O) groups is 2. The number of esters is 2. The number of hydrogen-bond donors (Lipinski definition) is 0. The molecule has 0 saturated heterocycles. The van der Waals surface area contributed by atoms with E-state index < -0.39 is 5.92 Å². The van der Waals surface area contributed by atoms with Crippen LogP contribution in [0.3, 0.4) is 0 Å². The summed E-state index contributed by atoms with van der Waals surface area (Å²) in [6.45, 7) is 6.70. The summed E-state index contributed by atoms with van der Waals surface area (Å²) >= 11 is 0. The lowest BCUT2D eigenvalue weighted by atomic mass is 9.79. The Morgan fingerprint density at radius 1 is 1.12 bits per heavy atom. The number of ether oxygens (including phenoxy) is 2. The molecule has 25 heavy (non-hydrogen) atoms. The van der Waals surface area contributed by atoms with Gasteiger partial charge in [-0.3, -0.25) is 9.59 Å². The Balaban J connectivity index is 1.92. The first-order chi connectivity index (χ1) is 12.0. The van der Waals surface area contributed by atoms with Gasteiger partial charge in [-0.05, 0) is 56.2 Å². The summed E-state index contributed by atoms with van der Waals surface area (Å²) in [6, 6.07) is 7.42. The molecule has 1 aromatic carbocycles. The Hall–Kier alpha value is -1.84. The van der Waals surface area contributed by atoms with Crippen LogP contribution < -0.4 is 4.74 Å². The standard InChI is InChI=1S/C21H30O4/c1-15(2)8-7-13-24-20(22)18-11-4-5-12-19(18)21(23)25-17-10-6-9-16(3)14-17/h6,9-10,14-15,18-19H,4-5,7-8,11-13H2,1-3H3. The van der Waals surface area contributed by atoms with E-state index in [0.717, 1.165) is 31.2 Å². The molecular weight excluding hydrogens is 316 g/mol. The van der Waals surface area contributed by atoms with Crippen molar-refractivity contribution >= 4 is 11.9 Å². The monoisotopic (exact) mass is 346 g/mol. The minimum absolute atomic E-state index is 0.241. The number of rotatable bonds is 7. The van der Waals surface area contributed by atoms with Gasteiger partial charge in [0.05, 0.1) is 18.4 Å². The van der Waals surface area contributed by atoms with Crippen LogP contribution in [0.4, 0.5) is 0 Å². The summed E-state index contributed by atoms with van der Waals surface area (Å²) in [5, 5.41) is 0. The predicted molar refractivity (Wildman–Crippen MR) is 97.3 cm³/mol. The molecule has 1 aromatic rings. The second-order valence-electron chi connectivity index (χ2n) is 7.44. The van der Waals surface area contributed by atoms with Gasteiger partial charge in [0.2, 0.25) is 0 Å². The average Bonchev–Trinajstić information content (AvgIpc) is 2.58. The zero-order valence-electron chi connectivity index (χ0n) is 15.6. The van der Waals surface area contributed by atoms with Crippen LogP contribution in [0.2, 0.25) is 0 Å². The summed E-state index contributed by atoms with van der Waals surface area (Å²) in [7, 11) is 0. The van der Waals surface area contributed by atoms with Crippen LogP contribution in [-0.4, -0.2) is 18.5 Å². The fourth-order valence-corrected chi connectivity index (χ4v) is 3.34. The highest BCUT2D eigenvalue weighted by Gasteiger charge is 2.38. The molecule has 2 unspecified atom stereocenters. The van der Waals surface area contributed by atoms with Crippen LogP contribution in [0.15, 0.2) is 24.3 Å². The van der Waals surface area contributed by atoms with Gasteiger partial charge in [0.15, 0.2) is 0 Å². The topological polar surface area (TPSA) is 52.6 Å². The molecule has 0 radical (unpaired) electrons. The largest absolute Gasteiger partial charge is 0.465 e. The van der Waals surface area contributed by atoms with E-state index in [2.05, 4.69) is 13.8 Å². The van der Waals surface area contributed by atoms with Crippen LogP contribution in [0.25, 0.3) is 0 Å². The Morgan fingerprint density at radius 2 is 1.80 bits per heavy atom. The van der Waals surface area contributed by atoms with Gasteiger partial charge in [0.25, 0.3) is 0 Å². The van der Waals surface area contributed by atoms with Gasteiger partial charge in [0, 0.05) is 0 Å². The van der Waals surface area contributed by atoms with Crippen molar-refractivity contribution in [1.82, 2.24) is 0 Å². The minimum atomic E-state index is -0.396. The first kappa shape index (κ1) is 19.5. The van der Waals surface area contributed by atoms with Gasteiger partial charge >= 0.3 is 11.9 Å². The van der Waals surface area contributed by atoms with Gasteiger partial charge in [-0.2, -0.15) is 0 Å². The van der Waals surface area contributed by atoms with E-state index in [1.165, 1.54) is 0 Å². The molecule has 1 aliphatic rings. The number of aryl methyl sites for hydroxylation is 1. The molecule has 0 spiro atoms. The molecule has 0 heterocycles. The lowest BCUT2D eigenvalue weighted by Crippen LogP contribution is -2.36. The van der Waals surface area contributed by atoms with E-state index in [9.17, 15) is 9.59 Å². The fourth-order valence-electron chi connectivity index (χ4n) is 3.34.